The molecule has 0 spiro atoms. The third-order valence-electron chi connectivity index (χ3n) is 1.96. The first-order chi connectivity index (χ1) is 6.72. The molecule has 0 radical (unpaired) electrons. The quantitative estimate of drug-likeness (QED) is 0.697. The van der Waals surface area contributed by atoms with Crippen LogP contribution in [-0.4, -0.2) is 15.9 Å². The van der Waals surface area contributed by atoms with Gasteiger partial charge in [-0.15, -0.1) is 0 Å². The van der Waals surface area contributed by atoms with Crippen LogP contribution in [0, 0.1) is 0 Å². The lowest BCUT2D eigenvalue weighted by molar-refractivity contribution is -0.117. The summed E-state index contributed by atoms with van der Waals surface area (Å²) in [4.78, 5) is 14.9. The Balaban J connectivity index is 2.38. The normalized spacial score (nSPS) is 10.4. The number of carbonyl (C=O) groups excluding carboxylic acids is 1. The Hall–Kier alpha value is -1.19. The van der Waals surface area contributed by atoms with Gasteiger partial charge in [0, 0.05) is 19.3 Å². The first-order valence-corrected chi connectivity index (χ1v) is 5.03. The van der Waals surface area contributed by atoms with Gasteiger partial charge in [0.25, 0.3) is 0 Å². The van der Waals surface area contributed by atoms with E-state index in [9.17, 15) is 4.79 Å². The lowest BCUT2D eigenvalue weighted by Gasteiger charge is -1.89. The maximum atomic E-state index is 10.7. The standard InChI is InChI=1S/C10H16N2O2/c1-3-4-5-9-11-10(14-12-9)7-6-8(2)13/h3-7H2,1-2H3. The number of ketones is 1. The predicted octanol–water partition coefficient (Wildman–Crippen LogP) is 1.93. The summed E-state index contributed by atoms with van der Waals surface area (Å²) >= 11 is 0. The Morgan fingerprint density at radius 1 is 1.43 bits per heavy atom. The molecule has 0 aliphatic carbocycles. The van der Waals surface area contributed by atoms with Crippen LogP contribution >= 0.6 is 0 Å². The van der Waals surface area contributed by atoms with E-state index in [2.05, 4.69) is 17.1 Å². The first-order valence-electron chi connectivity index (χ1n) is 5.03. The van der Waals surface area contributed by atoms with Crippen molar-refractivity contribution in [3.05, 3.63) is 11.7 Å². The van der Waals surface area contributed by atoms with E-state index in [1.54, 1.807) is 6.92 Å². The van der Waals surface area contributed by atoms with Gasteiger partial charge in [0.1, 0.15) is 5.78 Å². The van der Waals surface area contributed by atoms with Gasteiger partial charge in [-0.2, -0.15) is 4.98 Å². The highest BCUT2D eigenvalue weighted by Crippen LogP contribution is 2.04. The predicted molar refractivity (Wildman–Crippen MR) is 51.9 cm³/mol. The van der Waals surface area contributed by atoms with Gasteiger partial charge >= 0.3 is 0 Å². The second-order valence-corrected chi connectivity index (χ2v) is 3.41. The molecule has 0 saturated carbocycles. The van der Waals surface area contributed by atoms with E-state index < -0.39 is 0 Å². The number of carbonyl (C=O) groups is 1. The molecule has 0 N–H and O–H groups in total. The summed E-state index contributed by atoms with van der Waals surface area (Å²) in [6, 6.07) is 0. The number of nitrogens with zero attached hydrogens (tertiary/aromatic N) is 2. The summed E-state index contributed by atoms with van der Waals surface area (Å²) in [7, 11) is 0. The zero-order valence-corrected chi connectivity index (χ0v) is 8.75. The molecule has 0 saturated heterocycles. The number of aromatic nitrogens is 2. The number of rotatable bonds is 6. The van der Waals surface area contributed by atoms with E-state index in [1.165, 1.54) is 0 Å². The molecule has 0 aliphatic rings. The summed E-state index contributed by atoms with van der Waals surface area (Å²) in [6.07, 6.45) is 4.10. The molecule has 78 valence electrons. The fourth-order valence-electron chi connectivity index (χ4n) is 1.11. The molecule has 0 unspecified atom stereocenters. The minimum atomic E-state index is 0.151. The van der Waals surface area contributed by atoms with Crippen molar-refractivity contribution in [3.8, 4) is 0 Å². The van der Waals surface area contributed by atoms with Crippen molar-refractivity contribution in [1.82, 2.24) is 10.1 Å². The average Bonchev–Trinajstić information content (AvgIpc) is 2.59. The van der Waals surface area contributed by atoms with Crippen LogP contribution < -0.4 is 0 Å². The Morgan fingerprint density at radius 2 is 2.21 bits per heavy atom. The van der Waals surface area contributed by atoms with Gasteiger partial charge < -0.3 is 9.32 Å². The van der Waals surface area contributed by atoms with Crippen molar-refractivity contribution < 1.29 is 9.32 Å². The van der Waals surface area contributed by atoms with Gasteiger partial charge in [-0.25, -0.2) is 0 Å². The van der Waals surface area contributed by atoms with Crippen molar-refractivity contribution in [2.24, 2.45) is 0 Å². The van der Waals surface area contributed by atoms with E-state index in [4.69, 9.17) is 4.52 Å². The molecule has 0 aromatic carbocycles. The first kappa shape index (κ1) is 10.9. The molecule has 4 nitrogen and oxygen atoms in total. The topological polar surface area (TPSA) is 56.0 Å². The minimum Gasteiger partial charge on any atom is -0.339 e. The molecule has 1 heterocycles. The molecule has 0 fully saturated rings. The maximum Gasteiger partial charge on any atom is 0.227 e. The van der Waals surface area contributed by atoms with Crippen LogP contribution in [0.2, 0.25) is 0 Å². The van der Waals surface area contributed by atoms with Crippen LogP contribution in [-0.2, 0) is 17.6 Å². The van der Waals surface area contributed by atoms with Crippen LogP contribution in [0.25, 0.3) is 0 Å². The molecule has 14 heavy (non-hydrogen) atoms. The van der Waals surface area contributed by atoms with Crippen molar-refractivity contribution in [1.29, 1.82) is 0 Å². The third kappa shape index (κ3) is 3.68. The van der Waals surface area contributed by atoms with Gasteiger partial charge in [0.05, 0.1) is 0 Å². The number of hydrogen-bond acceptors (Lipinski definition) is 4. The van der Waals surface area contributed by atoms with Gasteiger partial charge in [-0.1, -0.05) is 18.5 Å². The summed E-state index contributed by atoms with van der Waals surface area (Å²) in [5, 5.41) is 3.83. The molecule has 0 aliphatic heterocycles. The van der Waals surface area contributed by atoms with E-state index in [-0.39, 0.29) is 5.78 Å². The van der Waals surface area contributed by atoms with E-state index in [0.717, 1.165) is 25.1 Å². The summed E-state index contributed by atoms with van der Waals surface area (Å²) < 4.78 is 5.00. The zero-order chi connectivity index (χ0) is 10.4. The van der Waals surface area contributed by atoms with Crippen molar-refractivity contribution in [2.75, 3.05) is 0 Å². The SMILES string of the molecule is CCCCc1noc(CCC(C)=O)n1. The lowest BCUT2D eigenvalue weighted by atomic mass is 10.2. The van der Waals surface area contributed by atoms with Crippen LogP contribution in [0.4, 0.5) is 0 Å². The Bertz CT molecular complexity index is 294. The summed E-state index contributed by atoms with van der Waals surface area (Å²) in [6.45, 7) is 3.69. The van der Waals surface area contributed by atoms with Gasteiger partial charge in [-0.05, 0) is 13.3 Å². The van der Waals surface area contributed by atoms with Crippen molar-refractivity contribution in [2.45, 2.75) is 46.0 Å². The molecule has 1 rings (SSSR count). The number of hydrogen-bond donors (Lipinski definition) is 0. The van der Waals surface area contributed by atoms with Gasteiger partial charge in [0.2, 0.25) is 5.89 Å². The molecule has 1 aromatic rings. The molecule has 0 bridgehead atoms. The molecule has 1 aromatic heterocycles. The van der Waals surface area contributed by atoms with Crippen LogP contribution in [0.5, 0.6) is 0 Å². The molecule has 0 atom stereocenters. The maximum absolute atomic E-state index is 10.7. The highest BCUT2D eigenvalue weighted by Gasteiger charge is 2.06. The molecule has 0 amide bonds. The van der Waals surface area contributed by atoms with Crippen molar-refractivity contribution in [3.63, 3.8) is 0 Å². The minimum absolute atomic E-state index is 0.151. The second kappa shape index (κ2) is 5.52. The lowest BCUT2D eigenvalue weighted by Crippen LogP contribution is -1.94. The highest BCUT2D eigenvalue weighted by molar-refractivity contribution is 5.75. The van der Waals surface area contributed by atoms with Crippen LogP contribution in [0.15, 0.2) is 4.52 Å². The molecular formula is C10H16N2O2. The van der Waals surface area contributed by atoms with E-state index >= 15 is 0 Å². The Kier molecular flexibility index (Phi) is 4.29. The number of unbranched alkanes of at least 4 members (excludes halogenated alkanes) is 1. The fourth-order valence-corrected chi connectivity index (χ4v) is 1.11. The average molecular weight is 196 g/mol. The zero-order valence-electron chi connectivity index (χ0n) is 8.75. The smallest absolute Gasteiger partial charge is 0.227 e. The van der Waals surface area contributed by atoms with Crippen LogP contribution in [0.1, 0.15) is 44.8 Å². The number of aryl methyl sites for hydroxylation is 2. The molecule has 4 heteroatoms. The summed E-state index contributed by atoms with van der Waals surface area (Å²) in [5.41, 5.74) is 0. The fraction of sp³-hybridized carbons (Fsp3) is 0.700. The third-order valence-corrected chi connectivity index (χ3v) is 1.96. The number of Topliss-reactive ketones (excluding diaryl/α,β-unsaturated/α-hetero) is 1. The van der Waals surface area contributed by atoms with E-state index in [1.807, 2.05) is 0 Å². The second-order valence-electron chi connectivity index (χ2n) is 3.41. The monoisotopic (exact) mass is 196 g/mol. The van der Waals surface area contributed by atoms with Gasteiger partial charge in [-0.3, -0.25) is 0 Å². The summed E-state index contributed by atoms with van der Waals surface area (Å²) in [5.74, 6) is 1.48. The largest absolute Gasteiger partial charge is 0.339 e. The van der Waals surface area contributed by atoms with Crippen molar-refractivity contribution >= 4 is 5.78 Å². The molecular weight excluding hydrogens is 180 g/mol. The van der Waals surface area contributed by atoms with Crippen LogP contribution in [0.3, 0.4) is 0 Å². The van der Waals surface area contributed by atoms with E-state index in [0.29, 0.717) is 18.7 Å². The highest BCUT2D eigenvalue weighted by atomic mass is 16.5. The Morgan fingerprint density at radius 3 is 2.86 bits per heavy atom. The Labute approximate surface area is 83.7 Å². The van der Waals surface area contributed by atoms with Gasteiger partial charge in [0.15, 0.2) is 5.82 Å².